The Balaban J connectivity index is 1.21. The number of aliphatic imine (C=N–C) groups is 1. The molecule has 3 aliphatic rings. The number of hydroxylamine groups is 2. The predicted octanol–water partition coefficient (Wildman–Crippen LogP) is 2.14. The molecule has 0 aliphatic carbocycles. The zero-order valence-electron chi connectivity index (χ0n) is 31.9. The first-order chi connectivity index (χ1) is 28.4. The van der Waals surface area contributed by atoms with Crippen molar-refractivity contribution in [1.82, 2.24) is 10.4 Å². The lowest BCUT2D eigenvalue weighted by molar-refractivity contribution is -0.344. The van der Waals surface area contributed by atoms with E-state index in [4.69, 9.17) is 23.5 Å². The topological polar surface area (TPSA) is 250 Å². The van der Waals surface area contributed by atoms with E-state index < -0.39 is 55.0 Å². The van der Waals surface area contributed by atoms with Crippen LogP contribution in [0.25, 0.3) is 27.8 Å². The number of aliphatic hydroxyl groups is 4. The summed E-state index contributed by atoms with van der Waals surface area (Å²) in [5.74, 6) is -2.91. The van der Waals surface area contributed by atoms with Gasteiger partial charge in [0.15, 0.2) is 17.6 Å². The van der Waals surface area contributed by atoms with Crippen LogP contribution in [0.3, 0.4) is 0 Å². The lowest BCUT2D eigenvalue weighted by atomic mass is 9.98. The Labute approximate surface area is 336 Å². The minimum absolute atomic E-state index is 0.0292. The number of phenolic OH excluding ortho intramolecular Hbond substituents is 1. The molecule has 1 fully saturated rings. The zero-order chi connectivity index (χ0) is 42.0. The highest BCUT2D eigenvalue weighted by Crippen LogP contribution is 2.40. The largest absolute Gasteiger partial charge is 0.508 e. The zero-order valence-corrected chi connectivity index (χ0v) is 31.9. The standard InChI is InChI=1S/C42H43N3O14/c1-21-15-22(5-3-4-14-46)17-25(16-21)33-31-24(12-13-44-31)19-45(33)59-38-36(50)35(49)37(41(54)58-40(53)32(43-2)39(51)52)57-42(38)56-27-10-11-28-30(18-27)55-20-29(34(28)48)23-6-8-26(47)9-7-23/h6-13,15-18,20,32,35-38,41-43,46-47,49-50,54H,3-5,14,19H2,1-2H3,(H,51,52). The van der Waals surface area contributed by atoms with Gasteiger partial charge in [0.25, 0.3) is 0 Å². The molecule has 1 aromatic heterocycles. The van der Waals surface area contributed by atoms with E-state index in [0.717, 1.165) is 28.7 Å². The summed E-state index contributed by atoms with van der Waals surface area (Å²) >= 11 is 0. The Morgan fingerprint density at radius 1 is 1.03 bits per heavy atom. The van der Waals surface area contributed by atoms with E-state index in [9.17, 15) is 45.0 Å². The van der Waals surface area contributed by atoms with Crippen LogP contribution in [0, 0.1) is 6.92 Å². The normalized spacial score (nSPS) is 22.3. The number of carboxylic acids is 1. The van der Waals surface area contributed by atoms with Gasteiger partial charge >= 0.3 is 11.9 Å². The van der Waals surface area contributed by atoms with Crippen molar-refractivity contribution in [3.8, 4) is 22.6 Å². The number of allylic oxidation sites excluding steroid dienone is 1. The number of likely N-dealkylation sites (N-methyl/N-ethyl adjacent to an activating group) is 1. The minimum atomic E-state index is -2.29. The molecule has 7 N–H and O–H groups in total. The maximum Gasteiger partial charge on any atom is 0.337 e. The van der Waals surface area contributed by atoms with Gasteiger partial charge in [0, 0.05) is 30.0 Å². The smallest absolute Gasteiger partial charge is 0.337 e. The number of carbonyl (C=O) groups is 2. The Bertz CT molecular complexity index is 2370. The Morgan fingerprint density at radius 2 is 1.81 bits per heavy atom. The summed E-state index contributed by atoms with van der Waals surface area (Å²) in [5.41, 5.74) is 5.21. The van der Waals surface area contributed by atoms with Gasteiger partial charge in [-0.05, 0) is 86.8 Å². The van der Waals surface area contributed by atoms with Crippen molar-refractivity contribution in [3.05, 3.63) is 111 Å². The predicted molar refractivity (Wildman–Crippen MR) is 210 cm³/mol. The molecular weight excluding hydrogens is 770 g/mol. The lowest BCUT2D eigenvalue weighted by Crippen LogP contribution is -2.64. The number of aromatic hydroxyl groups is 1. The quantitative estimate of drug-likeness (QED) is 0.0393. The number of fused-ring (bicyclic) bond motifs is 2. The number of aliphatic hydroxyl groups excluding tert-OH is 4. The van der Waals surface area contributed by atoms with E-state index >= 15 is 0 Å². The van der Waals surface area contributed by atoms with Gasteiger partial charge in [0.2, 0.25) is 18.6 Å². The summed E-state index contributed by atoms with van der Waals surface area (Å²) in [6, 6.07) is 14.4. The van der Waals surface area contributed by atoms with Crippen LogP contribution in [0.1, 0.15) is 29.5 Å². The van der Waals surface area contributed by atoms with Gasteiger partial charge in [-0.1, -0.05) is 23.8 Å². The molecule has 4 heterocycles. The van der Waals surface area contributed by atoms with Gasteiger partial charge in [-0.15, -0.1) is 0 Å². The van der Waals surface area contributed by atoms with E-state index in [2.05, 4.69) is 10.3 Å². The van der Waals surface area contributed by atoms with Crippen molar-refractivity contribution in [2.45, 2.75) is 69.2 Å². The molecule has 1 saturated heterocycles. The van der Waals surface area contributed by atoms with Crippen molar-refractivity contribution in [1.29, 1.82) is 0 Å². The molecule has 7 unspecified atom stereocenters. The fourth-order valence-corrected chi connectivity index (χ4v) is 7.22. The van der Waals surface area contributed by atoms with Crippen molar-refractivity contribution >= 4 is 34.8 Å². The molecular formula is C42H43N3O14. The van der Waals surface area contributed by atoms with Gasteiger partial charge < -0.3 is 49.3 Å². The molecule has 59 heavy (non-hydrogen) atoms. The van der Waals surface area contributed by atoms with Crippen LogP contribution in [-0.2, 0) is 30.3 Å². The molecule has 310 valence electrons. The van der Waals surface area contributed by atoms with Crippen LogP contribution in [-0.4, -0.2) is 117 Å². The number of ether oxygens (including phenoxy) is 3. The molecule has 0 spiro atoms. The van der Waals surface area contributed by atoms with Crippen molar-refractivity contribution in [3.63, 3.8) is 0 Å². The summed E-state index contributed by atoms with van der Waals surface area (Å²) in [5, 5.41) is 66.4. The number of aryl methyl sites for hydroxylation is 2. The third kappa shape index (κ3) is 8.62. The molecule has 3 aromatic carbocycles. The number of hydrogen-bond acceptors (Lipinski definition) is 16. The van der Waals surface area contributed by atoms with Gasteiger partial charge in [-0.3, -0.25) is 19.9 Å². The maximum atomic E-state index is 13.5. The molecule has 0 radical (unpaired) electrons. The molecule has 0 saturated carbocycles. The second-order valence-corrected chi connectivity index (χ2v) is 14.3. The number of nitrogens with zero attached hydrogens (tertiary/aromatic N) is 2. The van der Waals surface area contributed by atoms with E-state index in [1.54, 1.807) is 18.3 Å². The first-order valence-corrected chi connectivity index (χ1v) is 18.8. The first kappa shape index (κ1) is 41.2. The molecule has 7 rings (SSSR count). The summed E-state index contributed by atoms with van der Waals surface area (Å²) in [4.78, 5) is 48.7. The molecule has 17 nitrogen and oxygen atoms in total. The van der Waals surface area contributed by atoms with Gasteiger partial charge in [0.1, 0.15) is 35.6 Å². The Morgan fingerprint density at radius 3 is 2.54 bits per heavy atom. The third-order valence-electron chi connectivity index (χ3n) is 10.2. The average Bonchev–Trinajstić information content (AvgIpc) is 3.79. The molecule has 4 aromatic rings. The number of unbranched alkanes of at least 4 members (excludes halogenated alkanes) is 1. The second-order valence-electron chi connectivity index (χ2n) is 14.3. The Hall–Kier alpha value is -5.92. The van der Waals surface area contributed by atoms with Crippen molar-refractivity contribution in [2.75, 3.05) is 20.2 Å². The Kier molecular flexibility index (Phi) is 12.2. The maximum absolute atomic E-state index is 13.5. The average molecular weight is 814 g/mol. The van der Waals surface area contributed by atoms with Gasteiger partial charge in [-0.2, -0.15) is 0 Å². The number of benzene rings is 3. The van der Waals surface area contributed by atoms with Crippen LogP contribution in [0.4, 0.5) is 0 Å². The number of esters is 1. The van der Waals surface area contributed by atoms with E-state index in [0.29, 0.717) is 29.8 Å². The number of phenols is 1. The van der Waals surface area contributed by atoms with E-state index in [1.165, 1.54) is 48.7 Å². The third-order valence-corrected chi connectivity index (χ3v) is 10.2. The number of rotatable bonds is 15. The van der Waals surface area contributed by atoms with E-state index in [-0.39, 0.29) is 46.6 Å². The van der Waals surface area contributed by atoms with Gasteiger partial charge in [0.05, 0.1) is 28.9 Å². The summed E-state index contributed by atoms with van der Waals surface area (Å²) in [6.45, 7) is 2.19. The minimum Gasteiger partial charge on any atom is -0.508 e. The van der Waals surface area contributed by atoms with Crippen molar-refractivity contribution < 1.29 is 63.7 Å². The number of carboxylic acid groups (broad SMARTS) is 1. The van der Waals surface area contributed by atoms with Crippen LogP contribution < -0.4 is 15.5 Å². The molecule has 0 bridgehead atoms. The summed E-state index contributed by atoms with van der Waals surface area (Å²) in [6.07, 6.45) is -4.36. The molecule has 7 atom stereocenters. The van der Waals surface area contributed by atoms with Gasteiger partial charge in [-0.25, -0.2) is 14.7 Å². The van der Waals surface area contributed by atoms with Crippen LogP contribution >= 0.6 is 0 Å². The molecule has 0 amide bonds. The highest BCUT2D eigenvalue weighted by Gasteiger charge is 2.52. The SMILES string of the molecule is CNC(C(=O)O)C(=O)OC(O)C1OC(Oc2ccc3c(=O)c(-c4ccc(O)cc4)coc3c2)C(ON2CC3=CC=NC3=C2c2cc(C)cc(CCCCO)c2)C(O)C1O. The number of hydrogen-bond donors (Lipinski definition) is 7. The summed E-state index contributed by atoms with van der Waals surface area (Å²) < 4.78 is 23.0. The monoisotopic (exact) mass is 813 g/mol. The molecule has 3 aliphatic heterocycles. The van der Waals surface area contributed by atoms with E-state index in [1.807, 2.05) is 31.2 Å². The fourth-order valence-electron chi connectivity index (χ4n) is 7.22. The van der Waals surface area contributed by atoms with Crippen LogP contribution in [0.2, 0.25) is 0 Å². The number of nitrogens with one attached hydrogen (secondary N) is 1. The second kappa shape index (κ2) is 17.5. The highest BCUT2D eigenvalue weighted by atomic mass is 16.8. The molecule has 17 heteroatoms. The van der Waals surface area contributed by atoms with Crippen LogP contribution in [0.5, 0.6) is 11.5 Å². The highest BCUT2D eigenvalue weighted by molar-refractivity contribution is 5.98. The summed E-state index contributed by atoms with van der Waals surface area (Å²) in [7, 11) is 1.19. The lowest BCUT2D eigenvalue weighted by Gasteiger charge is -2.44. The first-order valence-electron chi connectivity index (χ1n) is 18.8. The number of aliphatic carboxylic acids is 1. The van der Waals surface area contributed by atoms with Crippen LogP contribution in [0.15, 0.2) is 98.5 Å². The fraction of sp³-hybridized carbons (Fsp3) is 0.333. The number of carbonyl (C=O) groups excluding carboxylic acids is 1. The van der Waals surface area contributed by atoms with Crippen molar-refractivity contribution in [2.24, 2.45) is 4.99 Å².